The monoisotopic (exact) mass is 701 g/mol. The van der Waals surface area contributed by atoms with Crippen molar-refractivity contribution in [3.05, 3.63) is 130 Å². The van der Waals surface area contributed by atoms with E-state index in [2.05, 4.69) is 21.2 Å². The van der Waals surface area contributed by atoms with E-state index >= 15 is 0 Å². The Morgan fingerprint density at radius 2 is 1.43 bits per heavy atom. The molecule has 0 bridgehead atoms. The molecule has 0 spiro atoms. The molecule has 1 N–H and O–H groups in total. The number of benzene rings is 4. The van der Waals surface area contributed by atoms with Crippen LogP contribution < -0.4 is 9.62 Å². The van der Waals surface area contributed by atoms with Crippen molar-refractivity contribution in [3.8, 4) is 0 Å². The van der Waals surface area contributed by atoms with Crippen LogP contribution in [0.5, 0.6) is 0 Å². The Morgan fingerprint density at radius 3 is 2.09 bits per heavy atom. The number of carbonyl (C=O) groups is 2. The first-order valence-electron chi connectivity index (χ1n) is 15.7. The fraction of sp³-hybridized carbons (Fsp3) is 0.297. The highest BCUT2D eigenvalue weighted by molar-refractivity contribution is 9.10. The lowest BCUT2D eigenvalue weighted by molar-refractivity contribution is -0.140. The van der Waals surface area contributed by atoms with Gasteiger partial charge in [0.15, 0.2) is 0 Å². The first-order valence-corrected chi connectivity index (χ1v) is 18.0. The molecule has 5 rings (SSSR count). The van der Waals surface area contributed by atoms with Crippen molar-refractivity contribution in [1.82, 2.24) is 10.2 Å². The summed E-state index contributed by atoms with van der Waals surface area (Å²) >= 11 is 3.43. The third-order valence-electron chi connectivity index (χ3n) is 8.55. The van der Waals surface area contributed by atoms with Gasteiger partial charge in [0.05, 0.1) is 10.6 Å². The van der Waals surface area contributed by atoms with E-state index in [1.807, 2.05) is 61.5 Å². The Balaban J connectivity index is 1.56. The zero-order valence-electron chi connectivity index (χ0n) is 26.0. The van der Waals surface area contributed by atoms with Gasteiger partial charge in [0.25, 0.3) is 10.0 Å². The molecular weight excluding hydrogens is 662 g/mol. The third kappa shape index (κ3) is 8.44. The first-order chi connectivity index (χ1) is 22.2. The lowest BCUT2D eigenvalue weighted by Gasteiger charge is -2.35. The standard InChI is InChI=1S/C37H40BrN3O4S/c1-28-13-11-12-16-30(28)26-40(35(25-29-14-5-2-6-15-29)37(43)39-32-17-7-3-8-18-32)36(42)27-41(33-23-21-31(38)22-24-33)46(44,45)34-19-9-4-10-20-34/h2,4-6,9-16,19-24,32,35H,3,7-8,17-18,25-27H2,1H3,(H,39,43)/t35-/m0/s1. The molecule has 1 saturated carbocycles. The highest BCUT2D eigenvalue weighted by Crippen LogP contribution is 2.27. The first kappa shape index (κ1) is 33.4. The summed E-state index contributed by atoms with van der Waals surface area (Å²) in [7, 11) is -4.13. The summed E-state index contributed by atoms with van der Waals surface area (Å²) in [4.78, 5) is 30.5. The van der Waals surface area contributed by atoms with Gasteiger partial charge in [-0.25, -0.2) is 8.42 Å². The Hall–Kier alpha value is -3.95. The summed E-state index contributed by atoms with van der Waals surface area (Å²) < 4.78 is 30.1. The van der Waals surface area contributed by atoms with Gasteiger partial charge in [0.1, 0.15) is 12.6 Å². The number of halogens is 1. The average Bonchev–Trinajstić information content (AvgIpc) is 3.07. The van der Waals surface area contributed by atoms with Crippen molar-refractivity contribution < 1.29 is 18.0 Å². The fourth-order valence-corrected chi connectivity index (χ4v) is 7.62. The molecule has 1 aliphatic carbocycles. The average molecular weight is 703 g/mol. The van der Waals surface area contributed by atoms with E-state index in [-0.39, 0.29) is 23.4 Å². The quantitative estimate of drug-likeness (QED) is 0.172. The maximum Gasteiger partial charge on any atom is 0.264 e. The van der Waals surface area contributed by atoms with Gasteiger partial charge < -0.3 is 10.2 Å². The second-order valence-corrected chi connectivity index (χ2v) is 14.6. The van der Waals surface area contributed by atoms with Crippen LogP contribution >= 0.6 is 15.9 Å². The van der Waals surface area contributed by atoms with E-state index in [9.17, 15) is 18.0 Å². The molecule has 240 valence electrons. The van der Waals surface area contributed by atoms with Gasteiger partial charge in [-0.05, 0) is 72.9 Å². The van der Waals surface area contributed by atoms with Crippen LogP contribution in [0.25, 0.3) is 0 Å². The molecule has 1 aliphatic rings. The number of aryl methyl sites for hydroxylation is 1. The summed E-state index contributed by atoms with van der Waals surface area (Å²) in [5, 5.41) is 3.25. The van der Waals surface area contributed by atoms with E-state index in [1.165, 1.54) is 12.1 Å². The topological polar surface area (TPSA) is 86.8 Å². The molecule has 0 unspecified atom stereocenters. The Morgan fingerprint density at radius 1 is 0.826 bits per heavy atom. The van der Waals surface area contributed by atoms with E-state index in [4.69, 9.17) is 0 Å². The van der Waals surface area contributed by atoms with Gasteiger partial charge in [0.2, 0.25) is 11.8 Å². The minimum atomic E-state index is -4.13. The fourth-order valence-electron chi connectivity index (χ4n) is 5.93. The molecule has 0 aliphatic heterocycles. The van der Waals surface area contributed by atoms with E-state index in [0.29, 0.717) is 12.1 Å². The number of nitrogens with one attached hydrogen (secondary N) is 1. The molecule has 7 nitrogen and oxygen atoms in total. The molecule has 0 radical (unpaired) electrons. The van der Waals surface area contributed by atoms with Gasteiger partial charge in [-0.2, -0.15) is 0 Å². The summed E-state index contributed by atoms with van der Waals surface area (Å²) in [6.07, 6.45) is 5.37. The molecule has 0 heterocycles. The van der Waals surface area contributed by atoms with Crippen LogP contribution in [0.1, 0.15) is 48.8 Å². The van der Waals surface area contributed by atoms with E-state index in [0.717, 1.165) is 57.6 Å². The number of carbonyl (C=O) groups excluding carboxylic acids is 2. The van der Waals surface area contributed by atoms with E-state index in [1.54, 1.807) is 47.4 Å². The summed E-state index contributed by atoms with van der Waals surface area (Å²) in [5.41, 5.74) is 3.13. The highest BCUT2D eigenvalue weighted by atomic mass is 79.9. The van der Waals surface area contributed by atoms with Gasteiger partial charge in [-0.3, -0.25) is 13.9 Å². The predicted octanol–water partition coefficient (Wildman–Crippen LogP) is 7.04. The van der Waals surface area contributed by atoms with Gasteiger partial charge in [-0.15, -0.1) is 0 Å². The van der Waals surface area contributed by atoms with E-state index < -0.39 is 28.5 Å². The molecule has 0 aromatic heterocycles. The number of sulfonamides is 1. The number of nitrogens with zero attached hydrogens (tertiary/aromatic N) is 2. The molecule has 0 saturated heterocycles. The summed E-state index contributed by atoms with van der Waals surface area (Å²) in [6, 6.07) is 31.5. The maximum absolute atomic E-state index is 14.6. The molecule has 4 aromatic carbocycles. The van der Waals surface area contributed by atoms with Crippen molar-refractivity contribution in [2.75, 3.05) is 10.8 Å². The molecule has 9 heteroatoms. The second-order valence-electron chi connectivity index (χ2n) is 11.8. The van der Waals surface area contributed by atoms with Gasteiger partial charge >= 0.3 is 0 Å². The lowest BCUT2D eigenvalue weighted by Crippen LogP contribution is -2.55. The molecule has 1 fully saturated rings. The van der Waals surface area contributed by atoms with Crippen molar-refractivity contribution in [1.29, 1.82) is 0 Å². The Labute approximate surface area is 280 Å². The van der Waals surface area contributed by atoms with Crippen LogP contribution in [-0.2, 0) is 32.6 Å². The number of hydrogen-bond acceptors (Lipinski definition) is 4. The predicted molar refractivity (Wildman–Crippen MR) is 186 cm³/mol. The van der Waals surface area contributed by atoms with Crippen molar-refractivity contribution >= 4 is 43.5 Å². The minimum Gasteiger partial charge on any atom is -0.352 e. The molecule has 4 aromatic rings. The smallest absolute Gasteiger partial charge is 0.264 e. The molecule has 2 amide bonds. The zero-order valence-corrected chi connectivity index (χ0v) is 28.4. The van der Waals surface area contributed by atoms with Gasteiger partial charge in [-0.1, -0.05) is 108 Å². The molecular formula is C37H40BrN3O4S. The van der Waals surface area contributed by atoms with Crippen molar-refractivity contribution in [2.45, 2.75) is 69.0 Å². The zero-order chi connectivity index (χ0) is 32.5. The van der Waals surface area contributed by atoms with Crippen molar-refractivity contribution in [2.24, 2.45) is 0 Å². The minimum absolute atomic E-state index is 0.0488. The normalized spacial score (nSPS) is 14.3. The Kier molecular flexibility index (Phi) is 11.3. The van der Waals surface area contributed by atoms with Crippen LogP contribution in [0.4, 0.5) is 5.69 Å². The maximum atomic E-state index is 14.6. The van der Waals surface area contributed by atoms with Crippen LogP contribution in [0.2, 0.25) is 0 Å². The van der Waals surface area contributed by atoms with Crippen LogP contribution in [-0.4, -0.2) is 43.8 Å². The van der Waals surface area contributed by atoms with Crippen LogP contribution in [0.15, 0.2) is 119 Å². The SMILES string of the molecule is Cc1ccccc1CN(C(=O)CN(c1ccc(Br)cc1)S(=O)(=O)c1ccccc1)[C@@H](Cc1ccccc1)C(=O)NC1CCCCC1. The number of rotatable bonds is 12. The second kappa shape index (κ2) is 15.6. The van der Waals surface area contributed by atoms with Gasteiger partial charge in [0, 0.05) is 23.5 Å². The number of anilines is 1. The Bertz CT molecular complexity index is 1710. The van der Waals surface area contributed by atoms with Crippen molar-refractivity contribution in [3.63, 3.8) is 0 Å². The number of amides is 2. The third-order valence-corrected chi connectivity index (χ3v) is 10.9. The van der Waals surface area contributed by atoms with Crippen LogP contribution in [0, 0.1) is 6.92 Å². The van der Waals surface area contributed by atoms with Crippen LogP contribution in [0.3, 0.4) is 0 Å². The molecule has 46 heavy (non-hydrogen) atoms. The largest absolute Gasteiger partial charge is 0.352 e. The summed E-state index contributed by atoms with van der Waals surface area (Å²) in [5.74, 6) is -0.691. The highest BCUT2D eigenvalue weighted by Gasteiger charge is 2.35. The number of hydrogen-bond donors (Lipinski definition) is 1. The summed E-state index contributed by atoms with van der Waals surface area (Å²) in [6.45, 7) is 1.65. The lowest BCUT2D eigenvalue weighted by atomic mass is 9.94. The molecule has 1 atom stereocenters.